The van der Waals surface area contributed by atoms with Gasteiger partial charge in [0, 0.05) is 23.5 Å². The lowest BCUT2D eigenvalue weighted by molar-refractivity contribution is -0.116. The molecule has 0 heterocycles. The maximum atomic E-state index is 10.4. The molecular formula is C15H19N3O3. The number of carbonyl (C=O) groups excluding carboxylic acids is 1. The number of nitrogens with one attached hydrogen (secondary N) is 1. The van der Waals surface area contributed by atoms with E-state index in [2.05, 4.69) is 5.32 Å². The Labute approximate surface area is 123 Å². The summed E-state index contributed by atoms with van der Waals surface area (Å²) in [5.74, 6) is -0.0159. The van der Waals surface area contributed by atoms with Gasteiger partial charge in [-0.3, -0.25) is 4.79 Å². The summed E-state index contributed by atoms with van der Waals surface area (Å²) >= 11 is 0. The third kappa shape index (κ3) is 6.20. The van der Waals surface area contributed by atoms with E-state index in [-0.39, 0.29) is 18.0 Å². The number of hydrogen-bond donors (Lipinski definition) is 5. The molecule has 0 saturated carbocycles. The van der Waals surface area contributed by atoms with Crippen LogP contribution in [0, 0.1) is 6.92 Å². The van der Waals surface area contributed by atoms with E-state index >= 15 is 0 Å². The Kier molecular flexibility index (Phi) is 5.88. The standard InChI is InChI=1S/C8H10N2O2.C7H9NO/c9-8(12)5-10-6-2-1-3-7(11)4-6;1-5-2-3-6(8)4-7(5)9/h1-4,10-11H,5H2,(H2,9,12);2-4,9H,8H2,1H3. The number of rotatable bonds is 3. The molecule has 6 nitrogen and oxygen atoms in total. The summed E-state index contributed by atoms with van der Waals surface area (Å²) in [6.07, 6.45) is 0. The fraction of sp³-hybridized carbons (Fsp3) is 0.133. The predicted molar refractivity (Wildman–Crippen MR) is 83.0 cm³/mol. The molecule has 0 atom stereocenters. The number of primary amides is 1. The van der Waals surface area contributed by atoms with Gasteiger partial charge in [-0.05, 0) is 30.7 Å². The van der Waals surface area contributed by atoms with Crippen LogP contribution in [-0.4, -0.2) is 22.7 Å². The van der Waals surface area contributed by atoms with Crippen LogP contribution in [0.4, 0.5) is 11.4 Å². The maximum Gasteiger partial charge on any atom is 0.236 e. The molecule has 0 spiro atoms. The van der Waals surface area contributed by atoms with Crippen molar-refractivity contribution < 1.29 is 15.0 Å². The van der Waals surface area contributed by atoms with Crippen LogP contribution >= 0.6 is 0 Å². The summed E-state index contributed by atoms with van der Waals surface area (Å²) < 4.78 is 0. The molecule has 0 aromatic heterocycles. The lowest BCUT2D eigenvalue weighted by atomic mass is 10.2. The van der Waals surface area contributed by atoms with Crippen molar-refractivity contribution in [2.24, 2.45) is 5.73 Å². The monoisotopic (exact) mass is 289 g/mol. The Balaban J connectivity index is 0.000000219. The summed E-state index contributed by atoms with van der Waals surface area (Å²) in [5, 5.41) is 20.8. The summed E-state index contributed by atoms with van der Waals surface area (Å²) in [4.78, 5) is 10.4. The number of carbonyl (C=O) groups is 1. The third-order valence-electron chi connectivity index (χ3n) is 2.55. The van der Waals surface area contributed by atoms with Gasteiger partial charge in [-0.15, -0.1) is 0 Å². The Morgan fingerprint density at radius 1 is 1.19 bits per heavy atom. The van der Waals surface area contributed by atoms with Gasteiger partial charge in [0.1, 0.15) is 11.5 Å². The fourth-order valence-electron chi connectivity index (χ4n) is 1.43. The number of amides is 1. The normalized spacial score (nSPS) is 9.38. The van der Waals surface area contributed by atoms with E-state index in [1.54, 1.807) is 30.3 Å². The molecule has 2 aromatic carbocycles. The van der Waals surface area contributed by atoms with Gasteiger partial charge in [0.2, 0.25) is 5.91 Å². The highest BCUT2D eigenvalue weighted by Crippen LogP contribution is 2.17. The molecular weight excluding hydrogens is 270 g/mol. The molecule has 0 bridgehead atoms. The van der Waals surface area contributed by atoms with Crippen molar-refractivity contribution in [1.82, 2.24) is 0 Å². The van der Waals surface area contributed by atoms with Gasteiger partial charge in [-0.25, -0.2) is 0 Å². The third-order valence-corrected chi connectivity index (χ3v) is 2.55. The fourth-order valence-corrected chi connectivity index (χ4v) is 1.43. The van der Waals surface area contributed by atoms with Crippen molar-refractivity contribution in [1.29, 1.82) is 0 Å². The molecule has 2 rings (SSSR count). The second kappa shape index (κ2) is 7.64. The lowest BCUT2D eigenvalue weighted by Crippen LogP contribution is -2.21. The topological polar surface area (TPSA) is 122 Å². The molecule has 0 aliphatic heterocycles. The molecule has 0 radical (unpaired) electrons. The van der Waals surface area contributed by atoms with Gasteiger partial charge in [-0.2, -0.15) is 0 Å². The largest absolute Gasteiger partial charge is 0.508 e. The van der Waals surface area contributed by atoms with Crippen molar-refractivity contribution in [3.05, 3.63) is 48.0 Å². The summed E-state index contributed by atoms with van der Waals surface area (Å²) in [6.45, 7) is 1.90. The molecule has 1 amide bonds. The first-order chi connectivity index (χ1) is 9.88. The Hall–Kier alpha value is -2.89. The first-order valence-corrected chi connectivity index (χ1v) is 6.25. The predicted octanol–water partition coefficient (Wildman–Crippen LogP) is 1.57. The summed E-state index contributed by atoms with van der Waals surface area (Å²) in [6, 6.07) is 11.6. The minimum absolute atomic E-state index is 0.0729. The average Bonchev–Trinajstić information content (AvgIpc) is 2.42. The first kappa shape index (κ1) is 16.2. The average molecular weight is 289 g/mol. The maximum absolute atomic E-state index is 10.4. The van der Waals surface area contributed by atoms with E-state index in [0.717, 1.165) is 5.56 Å². The number of phenols is 2. The molecule has 21 heavy (non-hydrogen) atoms. The summed E-state index contributed by atoms with van der Waals surface area (Å²) in [7, 11) is 0. The van der Waals surface area contributed by atoms with Crippen molar-refractivity contribution in [3.8, 4) is 11.5 Å². The number of nitrogen functional groups attached to an aromatic ring is 1. The van der Waals surface area contributed by atoms with Crippen LogP contribution < -0.4 is 16.8 Å². The number of phenolic OH excluding ortho intramolecular Hbond substituents is 2. The molecule has 0 aliphatic rings. The number of benzene rings is 2. The number of aromatic hydroxyl groups is 2. The zero-order valence-corrected chi connectivity index (χ0v) is 11.7. The van der Waals surface area contributed by atoms with E-state index in [9.17, 15) is 4.79 Å². The van der Waals surface area contributed by atoms with Gasteiger partial charge in [0.25, 0.3) is 0 Å². The zero-order chi connectivity index (χ0) is 15.8. The SMILES string of the molecule is Cc1ccc(N)cc1O.NC(=O)CNc1cccc(O)c1. The van der Waals surface area contributed by atoms with Gasteiger partial charge >= 0.3 is 0 Å². The molecule has 112 valence electrons. The molecule has 0 unspecified atom stereocenters. The first-order valence-electron chi connectivity index (χ1n) is 6.25. The van der Waals surface area contributed by atoms with Crippen LogP contribution in [0.25, 0.3) is 0 Å². The number of anilines is 2. The molecule has 7 N–H and O–H groups in total. The quantitative estimate of drug-likeness (QED) is 0.549. The zero-order valence-electron chi connectivity index (χ0n) is 11.7. The smallest absolute Gasteiger partial charge is 0.236 e. The van der Waals surface area contributed by atoms with Crippen LogP contribution in [0.3, 0.4) is 0 Å². The van der Waals surface area contributed by atoms with E-state index in [1.807, 2.05) is 6.92 Å². The second-order valence-corrected chi connectivity index (χ2v) is 4.42. The molecule has 0 saturated heterocycles. The molecule has 0 aliphatic carbocycles. The number of aryl methyl sites for hydroxylation is 1. The van der Waals surface area contributed by atoms with Crippen molar-refractivity contribution in [3.63, 3.8) is 0 Å². The van der Waals surface area contributed by atoms with Crippen molar-refractivity contribution >= 4 is 17.3 Å². The Morgan fingerprint density at radius 2 is 1.90 bits per heavy atom. The van der Waals surface area contributed by atoms with Crippen molar-refractivity contribution in [2.75, 3.05) is 17.6 Å². The minimum atomic E-state index is -0.432. The van der Waals surface area contributed by atoms with E-state index < -0.39 is 5.91 Å². The van der Waals surface area contributed by atoms with Crippen LogP contribution in [0.1, 0.15) is 5.56 Å². The van der Waals surface area contributed by atoms with Crippen LogP contribution in [0.15, 0.2) is 42.5 Å². The van der Waals surface area contributed by atoms with Gasteiger partial charge in [0.15, 0.2) is 0 Å². The highest BCUT2D eigenvalue weighted by Gasteiger charge is 1.95. The summed E-state index contributed by atoms with van der Waals surface area (Å²) in [5.41, 5.74) is 12.4. The second-order valence-electron chi connectivity index (χ2n) is 4.42. The van der Waals surface area contributed by atoms with Crippen LogP contribution in [0.5, 0.6) is 11.5 Å². The minimum Gasteiger partial charge on any atom is -0.508 e. The van der Waals surface area contributed by atoms with Crippen molar-refractivity contribution in [2.45, 2.75) is 6.92 Å². The van der Waals surface area contributed by atoms with Gasteiger partial charge < -0.3 is 27.0 Å². The molecule has 0 fully saturated rings. The number of nitrogens with two attached hydrogens (primary N) is 2. The number of hydrogen-bond acceptors (Lipinski definition) is 5. The lowest BCUT2D eigenvalue weighted by Gasteiger charge is -2.02. The van der Waals surface area contributed by atoms with Gasteiger partial charge in [-0.1, -0.05) is 12.1 Å². The Morgan fingerprint density at radius 3 is 2.43 bits per heavy atom. The van der Waals surface area contributed by atoms with Crippen LogP contribution in [-0.2, 0) is 4.79 Å². The van der Waals surface area contributed by atoms with E-state index in [0.29, 0.717) is 11.4 Å². The van der Waals surface area contributed by atoms with Crippen LogP contribution in [0.2, 0.25) is 0 Å². The molecule has 2 aromatic rings. The highest BCUT2D eigenvalue weighted by atomic mass is 16.3. The van der Waals surface area contributed by atoms with E-state index in [1.165, 1.54) is 12.1 Å². The Bertz CT molecular complexity index is 615. The van der Waals surface area contributed by atoms with E-state index in [4.69, 9.17) is 21.7 Å². The van der Waals surface area contributed by atoms with Gasteiger partial charge in [0.05, 0.1) is 6.54 Å². The molecule has 6 heteroatoms. The highest BCUT2D eigenvalue weighted by molar-refractivity contribution is 5.78.